The Morgan fingerprint density at radius 3 is 2.80 bits per heavy atom. The van der Waals surface area contributed by atoms with Gasteiger partial charge in [0, 0.05) is 4.88 Å². The van der Waals surface area contributed by atoms with E-state index in [1.165, 1.54) is 14.2 Å². The van der Waals surface area contributed by atoms with Gasteiger partial charge in [-0.05, 0) is 54.2 Å². The lowest BCUT2D eigenvalue weighted by Crippen LogP contribution is -2.13. The van der Waals surface area contributed by atoms with Crippen LogP contribution in [0.2, 0.25) is 0 Å². The zero-order chi connectivity index (χ0) is 11.0. The summed E-state index contributed by atoms with van der Waals surface area (Å²) in [6.45, 7) is 4.20. The molecule has 0 aliphatic carbocycles. The van der Waals surface area contributed by atoms with Crippen molar-refractivity contribution < 1.29 is 4.74 Å². The Hall–Kier alpha value is 0.430. The highest BCUT2D eigenvalue weighted by atomic mass is 79.9. The molecule has 3 unspecified atom stereocenters. The molecule has 1 fully saturated rings. The molecule has 1 aromatic rings. The summed E-state index contributed by atoms with van der Waals surface area (Å²) in [6, 6.07) is 2.15. The van der Waals surface area contributed by atoms with Gasteiger partial charge >= 0.3 is 0 Å². The van der Waals surface area contributed by atoms with Gasteiger partial charge in [0.15, 0.2) is 0 Å². The van der Waals surface area contributed by atoms with Gasteiger partial charge in [0.05, 0.1) is 21.4 Å². The maximum Gasteiger partial charge on any atom is 0.0940 e. The number of alkyl halides is 1. The van der Waals surface area contributed by atoms with Crippen LogP contribution >= 0.6 is 38.9 Å². The second-order valence-electron chi connectivity index (χ2n) is 4.07. The van der Waals surface area contributed by atoms with Gasteiger partial charge < -0.3 is 4.74 Å². The number of hydrogen-bond acceptors (Lipinski definition) is 2. The topological polar surface area (TPSA) is 9.23 Å². The highest BCUT2D eigenvalue weighted by Crippen LogP contribution is 2.40. The standard InChI is InChI=1S/C11H14BrClOS/c1-6-5-9(15-11(6)12)10(13)8-4-3-7(2)14-8/h5,7-8,10H,3-4H2,1-2H3. The molecule has 0 spiro atoms. The fourth-order valence-corrected chi connectivity index (χ4v) is 3.84. The van der Waals surface area contributed by atoms with Crippen molar-refractivity contribution in [3.8, 4) is 0 Å². The molecule has 0 bridgehead atoms. The molecule has 2 heterocycles. The zero-order valence-corrected chi connectivity index (χ0v) is 12.0. The van der Waals surface area contributed by atoms with Crippen molar-refractivity contribution in [1.29, 1.82) is 0 Å². The summed E-state index contributed by atoms with van der Waals surface area (Å²) in [5, 5.41) is 0.00458. The lowest BCUT2D eigenvalue weighted by atomic mass is 10.1. The van der Waals surface area contributed by atoms with Crippen LogP contribution in [0.15, 0.2) is 9.85 Å². The molecule has 15 heavy (non-hydrogen) atoms. The number of halogens is 2. The van der Waals surface area contributed by atoms with Crippen LogP contribution in [0, 0.1) is 6.92 Å². The smallest absolute Gasteiger partial charge is 0.0940 e. The van der Waals surface area contributed by atoms with Crippen LogP contribution in [0.25, 0.3) is 0 Å². The fraction of sp³-hybridized carbons (Fsp3) is 0.636. The summed E-state index contributed by atoms with van der Waals surface area (Å²) in [5.41, 5.74) is 1.26. The summed E-state index contributed by atoms with van der Waals surface area (Å²) in [4.78, 5) is 1.21. The van der Waals surface area contributed by atoms with E-state index in [9.17, 15) is 0 Å². The first kappa shape index (κ1) is 11.9. The molecule has 0 radical (unpaired) electrons. The minimum Gasteiger partial charge on any atom is -0.373 e. The van der Waals surface area contributed by atoms with Crippen LogP contribution in [0.5, 0.6) is 0 Å². The second kappa shape index (κ2) is 4.74. The molecule has 0 amide bonds. The van der Waals surface area contributed by atoms with E-state index in [0.29, 0.717) is 6.10 Å². The van der Waals surface area contributed by atoms with E-state index in [1.807, 2.05) is 0 Å². The van der Waals surface area contributed by atoms with Crippen molar-refractivity contribution >= 4 is 38.9 Å². The molecule has 1 aliphatic rings. The minimum atomic E-state index is 0.00458. The lowest BCUT2D eigenvalue weighted by Gasteiger charge is -2.15. The lowest BCUT2D eigenvalue weighted by molar-refractivity contribution is 0.0538. The number of ether oxygens (including phenoxy) is 1. The van der Waals surface area contributed by atoms with Gasteiger partial charge in [0.25, 0.3) is 0 Å². The Labute approximate surface area is 108 Å². The minimum absolute atomic E-state index is 0.00458. The Morgan fingerprint density at radius 1 is 1.60 bits per heavy atom. The maximum atomic E-state index is 6.43. The van der Waals surface area contributed by atoms with Crippen LogP contribution in [-0.4, -0.2) is 12.2 Å². The third-order valence-electron chi connectivity index (χ3n) is 2.74. The summed E-state index contributed by atoms with van der Waals surface area (Å²) in [7, 11) is 0. The Kier molecular flexibility index (Phi) is 3.76. The van der Waals surface area contributed by atoms with Crippen molar-refractivity contribution in [3.05, 3.63) is 20.3 Å². The first-order valence-electron chi connectivity index (χ1n) is 5.13. The first-order valence-corrected chi connectivity index (χ1v) is 7.18. The number of thiophene rings is 1. The van der Waals surface area contributed by atoms with Crippen LogP contribution < -0.4 is 0 Å². The van der Waals surface area contributed by atoms with Gasteiger partial charge in [-0.15, -0.1) is 22.9 Å². The second-order valence-corrected chi connectivity index (χ2v) is 6.94. The summed E-state index contributed by atoms with van der Waals surface area (Å²) in [6.07, 6.45) is 2.75. The van der Waals surface area contributed by atoms with Crippen molar-refractivity contribution in [2.24, 2.45) is 0 Å². The predicted octanol–water partition coefficient (Wildman–Crippen LogP) is 4.67. The number of hydrogen-bond donors (Lipinski definition) is 0. The summed E-state index contributed by atoms with van der Waals surface area (Å²) < 4.78 is 6.96. The monoisotopic (exact) mass is 308 g/mol. The summed E-state index contributed by atoms with van der Waals surface area (Å²) in [5.74, 6) is 0. The fourth-order valence-electron chi connectivity index (χ4n) is 1.85. The maximum absolute atomic E-state index is 6.43. The SMILES string of the molecule is Cc1cc(C(Cl)C2CCC(C)O2)sc1Br. The van der Waals surface area contributed by atoms with Gasteiger partial charge in [-0.2, -0.15) is 0 Å². The van der Waals surface area contributed by atoms with E-state index in [0.717, 1.165) is 12.8 Å². The third-order valence-corrected chi connectivity index (χ3v) is 5.60. The molecule has 0 aromatic carbocycles. The van der Waals surface area contributed by atoms with E-state index >= 15 is 0 Å². The summed E-state index contributed by atoms with van der Waals surface area (Å²) >= 11 is 11.7. The molecular weight excluding hydrogens is 296 g/mol. The van der Waals surface area contributed by atoms with Gasteiger partial charge in [0.2, 0.25) is 0 Å². The van der Waals surface area contributed by atoms with Crippen molar-refractivity contribution in [2.45, 2.75) is 44.3 Å². The largest absolute Gasteiger partial charge is 0.373 e. The number of aryl methyl sites for hydroxylation is 1. The molecular formula is C11H14BrClOS. The van der Waals surface area contributed by atoms with Crippen molar-refractivity contribution in [3.63, 3.8) is 0 Å². The Bertz CT molecular complexity index is 333. The van der Waals surface area contributed by atoms with Crippen LogP contribution in [0.4, 0.5) is 0 Å². The Morgan fingerprint density at radius 2 is 2.33 bits per heavy atom. The molecule has 1 aromatic heterocycles. The number of rotatable bonds is 2. The molecule has 0 saturated carbocycles. The van der Waals surface area contributed by atoms with E-state index in [-0.39, 0.29) is 11.5 Å². The molecule has 1 saturated heterocycles. The van der Waals surface area contributed by atoms with E-state index in [4.69, 9.17) is 16.3 Å². The first-order chi connectivity index (χ1) is 7.08. The van der Waals surface area contributed by atoms with Gasteiger partial charge in [0.1, 0.15) is 0 Å². The van der Waals surface area contributed by atoms with Crippen LogP contribution in [-0.2, 0) is 4.74 Å². The molecule has 3 atom stereocenters. The van der Waals surface area contributed by atoms with Gasteiger partial charge in [-0.25, -0.2) is 0 Å². The molecule has 84 valence electrons. The zero-order valence-electron chi connectivity index (χ0n) is 8.80. The molecule has 0 N–H and O–H groups in total. The van der Waals surface area contributed by atoms with Gasteiger partial charge in [-0.1, -0.05) is 0 Å². The Balaban J connectivity index is 2.10. The quantitative estimate of drug-likeness (QED) is 0.722. The van der Waals surface area contributed by atoms with E-state index in [1.54, 1.807) is 11.3 Å². The molecule has 1 aliphatic heterocycles. The van der Waals surface area contributed by atoms with Crippen LogP contribution in [0.3, 0.4) is 0 Å². The van der Waals surface area contributed by atoms with E-state index in [2.05, 4.69) is 35.8 Å². The highest BCUT2D eigenvalue weighted by Gasteiger charge is 2.30. The van der Waals surface area contributed by atoms with Crippen molar-refractivity contribution in [1.82, 2.24) is 0 Å². The highest BCUT2D eigenvalue weighted by molar-refractivity contribution is 9.11. The van der Waals surface area contributed by atoms with Crippen molar-refractivity contribution in [2.75, 3.05) is 0 Å². The average molecular weight is 310 g/mol. The molecule has 2 rings (SSSR count). The van der Waals surface area contributed by atoms with Crippen LogP contribution in [0.1, 0.15) is 35.6 Å². The van der Waals surface area contributed by atoms with Gasteiger partial charge in [-0.3, -0.25) is 0 Å². The molecule has 4 heteroatoms. The normalized spacial score (nSPS) is 28.3. The molecule has 1 nitrogen and oxygen atoms in total. The average Bonchev–Trinajstić information content (AvgIpc) is 2.74. The predicted molar refractivity (Wildman–Crippen MR) is 68.9 cm³/mol. The third kappa shape index (κ3) is 2.57. The van der Waals surface area contributed by atoms with E-state index < -0.39 is 0 Å².